The van der Waals surface area contributed by atoms with E-state index >= 15 is 0 Å². The summed E-state index contributed by atoms with van der Waals surface area (Å²) in [4.78, 5) is 13.8. The van der Waals surface area contributed by atoms with Crippen molar-refractivity contribution in [2.24, 2.45) is 0 Å². The summed E-state index contributed by atoms with van der Waals surface area (Å²) in [5, 5.41) is 3.49. The van der Waals surface area contributed by atoms with Gasteiger partial charge in [0.15, 0.2) is 0 Å². The number of hydrogen-bond acceptors (Lipinski definition) is 2. The number of benzene rings is 1. The quantitative estimate of drug-likeness (QED) is 0.821. The third-order valence-electron chi connectivity index (χ3n) is 3.73. The number of hydrogen-bond donors (Lipinski definition) is 1. The Kier molecular flexibility index (Phi) is 2.62. The molecule has 0 aliphatic carbocycles. The summed E-state index contributed by atoms with van der Waals surface area (Å²) in [6.45, 7) is 4.26. The fraction of sp³-hybridized carbons (Fsp3) is 0.400. The van der Waals surface area contributed by atoms with Crippen LogP contribution in [0.2, 0.25) is 0 Å². The highest BCUT2D eigenvalue weighted by atomic mass is 16.2. The molecule has 2 atom stereocenters. The van der Waals surface area contributed by atoms with Gasteiger partial charge in [0.05, 0.1) is 6.04 Å². The maximum absolute atomic E-state index is 11.9. The first-order valence-electron chi connectivity index (χ1n) is 6.50. The SMILES string of the molecule is Cc1ccc2c(c1)C(N1C=CCC1=O)CC(C)N2. The van der Waals surface area contributed by atoms with Gasteiger partial charge in [0.1, 0.15) is 0 Å². The Labute approximate surface area is 107 Å². The Morgan fingerprint density at radius 3 is 2.94 bits per heavy atom. The molecule has 18 heavy (non-hydrogen) atoms. The molecule has 2 aliphatic rings. The van der Waals surface area contributed by atoms with Gasteiger partial charge in [-0.25, -0.2) is 0 Å². The second-order valence-electron chi connectivity index (χ2n) is 5.28. The van der Waals surface area contributed by atoms with Gasteiger partial charge in [0.25, 0.3) is 0 Å². The molecule has 1 aromatic carbocycles. The molecule has 2 unspecified atom stereocenters. The monoisotopic (exact) mass is 242 g/mol. The van der Waals surface area contributed by atoms with Crippen LogP contribution >= 0.6 is 0 Å². The first-order valence-corrected chi connectivity index (χ1v) is 6.50. The van der Waals surface area contributed by atoms with E-state index in [-0.39, 0.29) is 11.9 Å². The Morgan fingerprint density at radius 2 is 2.22 bits per heavy atom. The molecule has 1 aromatic rings. The van der Waals surface area contributed by atoms with Gasteiger partial charge in [-0.3, -0.25) is 4.79 Å². The largest absolute Gasteiger partial charge is 0.382 e. The molecule has 3 nitrogen and oxygen atoms in total. The minimum atomic E-state index is 0.183. The normalized spacial score (nSPS) is 26.1. The number of nitrogens with zero attached hydrogens (tertiary/aromatic N) is 1. The maximum atomic E-state index is 11.9. The van der Waals surface area contributed by atoms with Crippen LogP contribution in [0.5, 0.6) is 0 Å². The Balaban J connectivity index is 2.03. The number of anilines is 1. The van der Waals surface area contributed by atoms with E-state index in [0.29, 0.717) is 12.5 Å². The third kappa shape index (κ3) is 1.80. The van der Waals surface area contributed by atoms with Crippen molar-refractivity contribution in [3.63, 3.8) is 0 Å². The predicted octanol–water partition coefficient (Wildman–Crippen LogP) is 2.99. The van der Waals surface area contributed by atoms with E-state index in [4.69, 9.17) is 0 Å². The topological polar surface area (TPSA) is 32.3 Å². The van der Waals surface area contributed by atoms with Crippen molar-refractivity contribution in [2.45, 2.75) is 38.8 Å². The first-order chi connectivity index (χ1) is 8.65. The fourth-order valence-electron chi connectivity index (χ4n) is 2.87. The Morgan fingerprint density at radius 1 is 1.39 bits per heavy atom. The zero-order chi connectivity index (χ0) is 12.7. The van der Waals surface area contributed by atoms with Crippen molar-refractivity contribution in [3.05, 3.63) is 41.6 Å². The van der Waals surface area contributed by atoms with Gasteiger partial charge in [-0.05, 0) is 31.9 Å². The van der Waals surface area contributed by atoms with E-state index in [0.717, 1.165) is 12.1 Å². The highest BCUT2D eigenvalue weighted by molar-refractivity contribution is 5.82. The lowest BCUT2D eigenvalue weighted by Gasteiger charge is -2.36. The Bertz CT molecular complexity index is 521. The summed E-state index contributed by atoms with van der Waals surface area (Å²) < 4.78 is 0. The molecule has 0 fully saturated rings. The number of nitrogens with one attached hydrogen (secondary N) is 1. The van der Waals surface area contributed by atoms with Crippen molar-refractivity contribution < 1.29 is 4.79 Å². The highest BCUT2D eigenvalue weighted by Gasteiger charge is 2.32. The number of carbonyl (C=O) groups is 1. The summed E-state index contributed by atoms with van der Waals surface area (Å²) in [5.41, 5.74) is 3.65. The maximum Gasteiger partial charge on any atom is 0.230 e. The molecule has 0 spiro atoms. The van der Waals surface area contributed by atoms with E-state index < -0.39 is 0 Å². The summed E-state index contributed by atoms with van der Waals surface area (Å²) in [6.07, 6.45) is 5.40. The van der Waals surface area contributed by atoms with Crippen LogP contribution in [0.1, 0.15) is 36.9 Å². The zero-order valence-corrected chi connectivity index (χ0v) is 10.8. The highest BCUT2D eigenvalue weighted by Crippen LogP contribution is 2.38. The van der Waals surface area contributed by atoms with E-state index in [1.165, 1.54) is 11.1 Å². The number of amides is 1. The van der Waals surface area contributed by atoms with Crippen molar-refractivity contribution in [2.75, 3.05) is 5.32 Å². The average Bonchev–Trinajstić information content (AvgIpc) is 2.75. The zero-order valence-electron chi connectivity index (χ0n) is 10.8. The van der Waals surface area contributed by atoms with Gasteiger partial charge in [-0.15, -0.1) is 0 Å². The van der Waals surface area contributed by atoms with Crippen LogP contribution in [0.3, 0.4) is 0 Å². The van der Waals surface area contributed by atoms with Gasteiger partial charge in [-0.2, -0.15) is 0 Å². The molecule has 2 heterocycles. The molecular formula is C15H18N2O. The first kappa shape index (κ1) is 11.3. The number of carbonyl (C=O) groups excluding carboxylic acids is 1. The van der Waals surface area contributed by atoms with Gasteiger partial charge in [0.2, 0.25) is 5.91 Å². The van der Waals surface area contributed by atoms with Crippen LogP contribution < -0.4 is 5.32 Å². The molecule has 0 radical (unpaired) electrons. The molecule has 1 N–H and O–H groups in total. The van der Waals surface area contributed by atoms with E-state index in [1.807, 2.05) is 17.2 Å². The number of fused-ring (bicyclic) bond motifs is 1. The van der Waals surface area contributed by atoms with Crippen LogP contribution in [-0.4, -0.2) is 16.8 Å². The lowest BCUT2D eigenvalue weighted by Crippen LogP contribution is -2.35. The van der Waals surface area contributed by atoms with Gasteiger partial charge in [-0.1, -0.05) is 23.8 Å². The molecule has 3 heteroatoms. The fourth-order valence-corrected chi connectivity index (χ4v) is 2.87. The average molecular weight is 242 g/mol. The van der Waals surface area contributed by atoms with Crippen LogP contribution in [0.15, 0.2) is 30.5 Å². The summed E-state index contributed by atoms with van der Waals surface area (Å²) in [5.74, 6) is 0.210. The molecule has 0 aromatic heterocycles. The lowest BCUT2D eigenvalue weighted by molar-refractivity contribution is -0.128. The lowest BCUT2D eigenvalue weighted by atomic mass is 9.91. The van der Waals surface area contributed by atoms with Crippen LogP contribution in [0, 0.1) is 6.92 Å². The summed E-state index contributed by atoms with van der Waals surface area (Å²) in [7, 11) is 0. The van der Waals surface area contributed by atoms with Crippen LogP contribution in [-0.2, 0) is 4.79 Å². The third-order valence-corrected chi connectivity index (χ3v) is 3.73. The predicted molar refractivity (Wildman–Crippen MR) is 72.2 cm³/mol. The number of rotatable bonds is 1. The molecule has 2 aliphatic heterocycles. The van der Waals surface area contributed by atoms with Gasteiger partial charge < -0.3 is 10.2 Å². The van der Waals surface area contributed by atoms with Crippen LogP contribution in [0.4, 0.5) is 5.69 Å². The molecule has 1 amide bonds. The molecule has 94 valence electrons. The molecule has 0 bridgehead atoms. The summed E-state index contributed by atoms with van der Waals surface area (Å²) in [6, 6.07) is 7.01. The second kappa shape index (κ2) is 4.16. The number of aryl methyl sites for hydroxylation is 1. The Hall–Kier alpha value is -1.77. The van der Waals surface area contributed by atoms with Crippen molar-refractivity contribution in [1.29, 1.82) is 0 Å². The van der Waals surface area contributed by atoms with Crippen molar-refractivity contribution in [1.82, 2.24) is 4.90 Å². The minimum absolute atomic E-state index is 0.183. The molecule has 0 saturated heterocycles. The molecule has 0 saturated carbocycles. The smallest absolute Gasteiger partial charge is 0.230 e. The second-order valence-corrected chi connectivity index (χ2v) is 5.28. The molecule has 3 rings (SSSR count). The molecular weight excluding hydrogens is 224 g/mol. The van der Waals surface area contributed by atoms with E-state index in [1.54, 1.807) is 0 Å². The summed E-state index contributed by atoms with van der Waals surface area (Å²) >= 11 is 0. The van der Waals surface area contributed by atoms with Gasteiger partial charge in [0, 0.05) is 24.4 Å². The standard InChI is InChI=1S/C15H18N2O/c1-10-5-6-13-12(8-10)14(9-11(2)16-13)17-7-3-4-15(17)18/h3,5-8,11,14,16H,4,9H2,1-2H3. The van der Waals surface area contributed by atoms with Crippen molar-refractivity contribution >= 4 is 11.6 Å². The van der Waals surface area contributed by atoms with E-state index in [2.05, 4.69) is 37.4 Å². The van der Waals surface area contributed by atoms with Gasteiger partial charge >= 0.3 is 0 Å². The van der Waals surface area contributed by atoms with Crippen molar-refractivity contribution in [3.8, 4) is 0 Å². The van der Waals surface area contributed by atoms with E-state index in [9.17, 15) is 4.79 Å². The minimum Gasteiger partial charge on any atom is -0.382 e. The van der Waals surface area contributed by atoms with Crippen LogP contribution in [0.25, 0.3) is 0 Å².